The third-order valence-electron chi connectivity index (χ3n) is 7.04. The first kappa shape index (κ1) is 26.3. The zero-order chi connectivity index (χ0) is 26.8. The summed E-state index contributed by atoms with van der Waals surface area (Å²) >= 11 is 12.7. The number of halogens is 2. The van der Waals surface area contributed by atoms with Crippen LogP contribution in [0.3, 0.4) is 0 Å². The van der Waals surface area contributed by atoms with Gasteiger partial charge in [0.1, 0.15) is 11.6 Å². The third-order valence-corrected chi connectivity index (χ3v) is 7.67. The van der Waals surface area contributed by atoms with E-state index in [0.717, 1.165) is 43.5 Å². The number of rotatable bonds is 7. The lowest BCUT2D eigenvalue weighted by Crippen LogP contribution is -2.39. The Labute approximate surface area is 232 Å². The molecule has 1 aliphatic rings. The number of anilines is 1. The van der Waals surface area contributed by atoms with Crippen LogP contribution >= 0.6 is 23.2 Å². The molecule has 10 heteroatoms. The Balaban J connectivity index is 1.31. The Kier molecular flexibility index (Phi) is 7.72. The first-order chi connectivity index (χ1) is 18.3. The van der Waals surface area contributed by atoms with Gasteiger partial charge in [-0.25, -0.2) is 9.97 Å². The normalized spacial score (nSPS) is 14.4. The van der Waals surface area contributed by atoms with Gasteiger partial charge in [0.25, 0.3) is 0 Å². The van der Waals surface area contributed by atoms with Crippen LogP contribution in [0.1, 0.15) is 45.6 Å². The summed E-state index contributed by atoms with van der Waals surface area (Å²) in [5.41, 5.74) is 10.1. The maximum atomic E-state index is 12.5. The SMILES string of the molecule is CC(C)CCC(=O)N1CCC(n2cc(-c3cnc(N)c(-c4ncc(-c5c(Cl)cccc5Cl)[nH]4)c3)cn2)CC1. The van der Waals surface area contributed by atoms with Gasteiger partial charge in [0.05, 0.1) is 39.7 Å². The van der Waals surface area contributed by atoms with Crippen molar-refractivity contribution in [2.24, 2.45) is 5.92 Å². The Morgan fingerprint density at radius 2 is 1.84 bits per heavy atom. The first-order valence-corrected chi connectivity index (χ1v) is 13.6. The number of nitrogens with zero attached hydrogens (tertiary/aromatic N) is 5. The predicted molar refractivity (Wildman–Crippen MR) is 152 cm³/mol. The third kappa shape index (κ3) is 5.56. The maximum absolute atomic E-state index is 12.5. The van der Waals surface area contributed by atoms with Crippen LogP contribution in [-0.4, -0.2) is 48.6 Å². The number of hydrogen-bond acceptors (Lipinski definition) is 5. The van der Waals surface area contributed by atoms with Gasteiger partial charge in [-0.1, -0.05) is 43.1 Å². The number of hydrogen-bond donors (Lipinski definition) is 2. The number of imidazole rings is 1. The molecule has 198 valence electrons. The highest BCUT2D eigenvalue weighted by atomic mass is 35.5. The molecule has 8 nitrogen and oxygen atoms in total. The molecule has 0 spiro atoms. The van der Waals surface area contributed by atoms with E-state index in [1.165, 1.54) is 0 Å². The van der Waals surface area contributed by atoms with Crippen molar-refractivity contribution >= 4 is 34.9 Å². The number of likely N-dealkylation sites (tertiary alicyclic amines) is 1. The summed E-state index contributed by atoms with van der Waals surface area (Å²) in [4.78, 5) is 26.7. The highest BCUT2D eigenvalue weighted by Crippen LogP contribution is 2.36. The molecule has 0 radical (unpaired) electrons. The van der Waals surface area contributed by atoms with Crippen molar-refractivity contribution in [3.05, 3.63) is 59.1 Å². The number of aromatic amines is 1. The minimum absolute atomic E-state index is 0.257. The van der Waals surface area contributed by atoms with Gasteiger partial charge < -0.3 is 15.6 Å². The molecule has 1 amide bonds. The van der Waals surface area contributed by atoms with Crippen molar-refractivity contribution in [3.63, 3.8) is 0 Å². The Bertz CT molecular complexity index is 1420. The molecule has 3 aromatic heterocycles. The van der Waals surface area contributed by atoms with Crippen molar-refractivity contribution in [3.8, 4) is 33.8 Å². The second-order valence-electron chi connectivity index (χ2n) is 10.2. The molecule has 3 N–H and O–H groups in total. The van der Waals surface area contributed by atoms with Gasteiger partial charge in [0, 0.05) is 48.6 Å². The van der Waals surface area contributed by atoms with Gasteiger partial charge in [0.15, 0.2) is 0 Å². The standard InChI is InChI=1S/C28H31Cl2N7O/c1-17(2)6-7-25(38)36-10-8-20(9-11-36)37-16-19(14-34-37)18-12-21(27(31)32-13-18)28-33-15-24(35-28)26-22(29)4-3-5-23(26)30/h3-5,12-17,20H,6-11H2,1-2H3,(H2,31,32)(H,33,35). The summed E-state index contributed by atoms with van der Waals surface area (Å²) in [5, 5.41) is 5.70. The van der Waals surface area contributed by atoms with Gasteiger partial charge in [-0.05, 0) is 43.4 Å². The molecule has 5 rings (SSSR count). The predicted octanol–water partition coefficient (Wildman–Crippen LogP) is 6.49. The van der Waals surface area contributed by atoms with Crippen molar-refractivity contribution < 1.29 is 4.79 Å². The van der Waals surface area contributed by atoms with E-state index >= 15 is 0 Å². The van der Waals surface area contributed by atoms with Gasteiger partial charge in [-0.15, -0.1) is 0 Å². The van der Waals surface area contributed by atoms with Crippen LogP contribution in [0.4, 0.5) is 5.82 Å². The van der Waals surface area contributed by atoms with E-state index in [0.29, 0.717) is 50.8 Å². The monoisotopic (exact) mass is 551 g/mol. The molecule has 0 unspecified atom stereocenters. The van der Waals surface area contributed by atoms with E-state index in [1.807, 2.05) is 28.0 Å². The smallest absolute Gasteiger partial charge is 0.222 e. The van der Waals surface area contributed by atoms with E-state index in [2.05, 4.69) is 33.9 Å². The number of carbonyl (C=O) groups excluding carboxylic acids is 1. The fourth-order valence-electron chi connectivity index (χ4n) is 4.80. The van der Waals surface area contributed by atoms with Crippen LogP contribution in [0.2, 0.25) is 10.0 Å². The lowest BCUT2D eigenvalue weighted by Gasteiger charge is -2.32. The zero-order valence-electron chi connectivity index (χ0n) is 21.5. The van der Waals surface area contributed by atoms with Gasteiger partial charge in [0.2, 0.25) is 5.91 Å². The average molecular weight is 553 g/mol. The zero-order valence-corrected chi connectivity index (χ0v) is 23.0. The van der Waals surface area contributed by atoms with E-state index in [-0.39, 0.29) is 11.9 Å². The molecule has 0 saturated carbocycles. The molecule has 1 saturated heterocycles. The maximum Gasteiger partial charge on any atom is 0.222 e. The fourth-order valence-corrected chi connectivity index (χ4v) is 5.40. The number of piperidine rings is 1. The number of aromatic nitrogens is 5. The second-order valence-corrected chi connectivity index (χ2v) is 11.0. The molecule has 0 bridgehead atoms. The highest BCUT2D eigenvalue weighted by molar-refractivity contribution is 6.39. The van der Waals surface area contributed by atoms with Crippen LogP contribution in [-0.2, 0) is 4.79 Å². The summed E-state index contributed by atoms with van der Waals surface area (Å²) in [6.07, 6.45) is 10.6. The molecule has 1 aromatic carbocycles. The van der Waals surface area contributed by atoms with E-state index < -0.39 is 0 Å². The van der Waals surface area contributed by atoms with Crippen molar-refractivity contribution in [1.29, 1.82) is 0 Å². The highest BCUT2D eigenvalue weighted by Gasteiger charge is 2.24. The number of nitrogens with one attached hydrogen (secondary N) is 1. The summed E-state index contributed by atoms with van der Waals surface area (Å²) in [7, 11) is 0. The van der Waals surface area contributed by atoms with E-state index in [9.17, 15) is 4.79 Å². The van der Waals surface area contributed by atoms with Crippen LogP contribution in [0.25, 0.3) is 33.8 Å². The second kappa shape index (κ2) is 11.2. The summed E-state index contributed by atoms with van der Waals surface area (Å²) < 4.78 is 2.01. The Hall–Kier alpha value is -3.36. The van der Waals surface area contributed by atoms with E-state index in [1.54, 1.807) is 30.6 Å². The summed E-state index contributed by atoms with van der Waals surface area (Å²) in [6, 6.07) is 7.58. The van der Waals surface area contributed by atoms with Gasteiger partial charge in [-0.2, -0.15) is 5.10 Å². The summed E-state index contributed by atoms with van der Waals surface area (Å²) in [6.45, 7) is 5.83. The number of pyridine rings is 1. The van der Waals surface area contributed by atoms with Crippen LogP contribution in [0.15, 0.2) is 49.1 Å². The Morgan fingerprint density at radius 3 is 2.55 bits per heavy atom. The summed E-state index contributed by atoms with van der Waals surface area (Å²) in [5.74, 6) is 1.74. The van der Waals surface area contributed by atoms with Crippen LogP contribution in [0, 0.1) is 5.92 Å². The average Bonchev–Trinajstić information content (AvgIpc) is 3.58. The lowest BCUT2D eigenvalue weighted by atomic mass is 10.0. The molecule has 0 atom stereocenters. The van der Waals surface area contributed by atoms with Crippen molar-refractivity contribution in [2.45, 2.75) is 45.6 Å². The number of H-pyrrole nitrogens is 1. The van der Waals surface area contributed by atoms with Crippen molar-refractivity contribution in [2.75, 3.05) is 18.8 Å². The number of nitrogens with two attached hydrogens (primary N) is 1. The quantitative estimate of drug-likeness (QED) is 0.273. The topological polar surface area (TPSA) is 106 Å². The molecule has 1 fully saturated rings. The molecule has 0 aliphatic carbocycles. The molecule has 38 heavy (non-hydrogen) atoms. The molecule has 1 aliphatic heterocycles. The molecular formula is C28H31Cl2N7O. The number of nitrogen functional groups attached to an aromatic ring is 1. The number of benzene rings is 1. The molecular weight excluding hydrogens is 521 g/mol. The molecule has 4 heterocycles. The van der Waals surface area contributed by atoms with Gasteiger partial charge in [-0.3, -0.25) is 9.48 Å². The molecule has 4 aromatic rings. The number of amides is 1. The number of carbonyl (C=O) groups is 1. The van der Waals surface area contributed by atoms with Crippen LogP contribution in [0.5, 0.6) is 0 Å². The van der Waals surface area contributed by atoms with E-state index in [4.69, 9.17) is 28.9 Å². The minimum atomic E-state index is 0.257. The lowest BCUT2D eigenvalue weighted by molar-refractivity contribution is -0.132. The van der Waals surface area contributed by atoms with Crippen LogP contribution < -0.4 is 5.73 Å². The fraction of sp³-hybridized carbons (Fsp3) is 0.357. The van der Waals surface area contributed by atoms with Crippen molar-refractivity contribution in [1.82, 2.24) is 29.6 Å². The minimum Gasteiger partial charge on any atom is -0.383 e. The van der Waals surface area contributed by atoms with Gasteiger partial charge >= 0.3 is 0 Å². The largest absolute Gasteiger partial charge is 0.383 e. The first-order valence-electron chi connectivity index (χ1n) is 12.9. The Morgan fingerprint density at radius 1 is 1.11 bits per heavy atom.